The van der Waals surface area contributed by atoms with Crippen LogP contribution in [0.2, 0.25) is 0 Å². The Bertz CT molecular complexity index is 293. The van der Waals surface area contributed by atoms with Crippen LogP contribution in [0.3, 0.4) is 0 Å². The molecular formula is C8H8O2S2. The molecule has 0 aliphatic carbocycles. The number of thioether (sulfide) groups is 1. The highest BCUT2D eigenvalue weighted by atomic mass is 32.2. The lowest BCUT2D eigenvalue weighted by Gasteiger charge is -2.08. The zero-order valence-corrected chi connectivity index (χ0v) is 8.00. The van der Waals surface area contributed by atoms with E-state index >= 15 is 0 Å². The zero-order valence-electron chi connectivity index (χ0n) is 6.37. The number of thiophene rings is 1. The molecule has 0 radical (unpaired) electrons. The molecule has 0 amide bonds. The highest BCUT2D eigenvalue weighted by molar-refractivity contribution is 7.98. The van der Waals surface area contributed by atoms with Gasteiger partial charge in [0.1, 0.15) is 4.88 Å². The fourth-order valence-corrected chi connectivity index (χ4v) is 3.46. The van der Waals surface area contributed by atoms with Crippen LogP contribution in [0, 0.1) is 0 Å². The summed E-state index contributed by atoms with van der Waals surface area (Å²) in [5, 5.41) is 8.74. The molecule has 0 unspecified atom stereocenters. The van der Waals surface area contributed by atoms with E-state index < -0.39 is 5.97 Å². The smallest absolute Gasteiger partial charge is 0.345 e. The quantitative estimate of drug-likeness (QED) is 0.755. The first kappa shape index (κ1) is 8.13. The van der Waals surface area contributed by atoms with Crippen LogP contribution in [0.25, 0.3) is 0 Å². The lowest BCUT2D eigenvalue weighted by Crippen LogP contribution is -1.96. The van der Waals surface area contributed by atoms with Crippen LogP contribution in [0.1, 0.15) is 20.1 Å². The van der Waals surface area contributed by atoms with Crippen molar-refractivity contribution in [2.45, 2.75) is 12.2 Å². The van der Waals surface area contributed by atoms with Gasteiger partial charge in [-0.1, -0.05) is 0 Å². The number of carbonyl (C=O) groups is 1. The van der Waals surface area contributed by atoms with Crippen LogP contribution in [0.15, 0.2) is 6.07 Å². The Labute approximate surface area is 78.6 Å². The molecule has 1 aromatic rings. The maximum absolute atomic E-state index is 10.6. The topological polar surface area (TPSA) is 37.3 Å². The molecule has 1 aliphatic rings. The number of aromatic carboxylic acids is 1. The molecule has 0 aromatic carbocycles. The van der Waals surface area contributed by atoms with Gasteiger partial charge in [-0.2, -0.15) is 11.8 Å². The summed E-state index contributed by atoms with van der Waals surface area (Å²) < 4.78 is 0. The molecule has 0 saturated carbocycles. The third-order valence-electron chi connectivity index (χ3n) is 1.84. The monoisotopic (exact) mass is 200 g/mol. The number of hydrogen-bond donors (Lipinski definition) is 1. The summed E-state index contributed by atoms with van der Waals surface area (Å²) >= 11 is 3.31. The van der Waals surface area contributed by atoms with Crippen molar-refractivity contribution in [3.63, 3.8) is 0 Å². The van der Waals surface area contributed by atoms with Crippen molar-refractivity contribution in [2.75, 3.05) is 5.75 Å². The van der Waals surface area contributed by atoms with E-state index in [0.717, 1.165) is 17.9 Å². The van der Waals surface area contributed by atoms with E-state index in [4.69, 9.17) is 5.11 Å². The van der Waals surface area contributed by atoms with Gasteiger partial charge in [-0.3, -0.25) is 0 Å². The van der Waals surface area contributed by atoms with Gasteiger partial charge in [0.2, 0.25) is 0 Å². The van der Waals surface area contributed by atoms with Gasteiger partial charge < -0.3 is 5.11 Å². The molecule has 2 nitrogen and oxygen atoms in total. The minimum atomic E-state index is -0.792. The maximum atomic E-state index is 10.6. The van der Waals surface area contributed by atoms with Crippen molar-refractivity contribution in [2.24, 2.45) is 0 Å². The molecular weight excluding hydrogens is 192 g/mol. The molecule has 2 heterocycles. The largest absolute Gasteiger partial charge is 0.477 e. The summed E-state index contributed by atoms with van der Waals surface area (Å²) in [5.74, 6) is 1.32. The number of carboxylic acids is 1. The van der Waals surface area contributed by atoms with Gasteiger partial charge in [0.05, 0.1) is 0 Å². The molecule has 1 aromatic heterocycles. The Morgan fingerprint density at radius 2 is 2.42 bits per heavy atom. The van der Waals surface area contributed by atoms with Crippen LogP contribution in [-0.2, 0) is 12.2 Å². The van der Waals surface area contributed by atoms with Crippen molar-refractivity contribution in [3.05, 3.63) is 21.4 Å². The Kier molecular flexibility index (Phi) is 2.11. The lowest BCUT2D eigenvalue weighted by molar-refractivity contribution is 0.0702. The molecule has 0 saturated heterocycles. The SMILES string of the molecule is O=C(O)c1cc2c(s1)CCSC2. The number of hydrogen-bond acceptors (Lipinski definition) is 3. The fourth-order valence-electron chi connectivity index (χ4n) is 1.25. The molecule has 1 N–H and O–H groups in total. The average Bonchev–Trinajstić information content (AvgIpc) is 2.46. The Morgan fingerprint density at radius 1 is 1.58 bits per heavy atom. The second kappa shape index (κ2) is 3.11. The molecule has 2 rings (SSSR count). The summed E-state index contributed by atoms with van der Waals surface area (Å²) in [6, 6.07) is 1.81. The first-order chi connectivity index (χ1) is 5.77. The van der Waals surface area contributed by atoms with E-state index in [1.165, 1.54) is 21.8 Å². The van der Waals surface area contributed by atoms with E-state index in [9.17, 15) is 4.79 Å². The second-order valence-corrected chi connectivity index (χ2v) is 4.91. The first-order valence-corrected chi connectivity index (χ1v) is 5.67. The minimum Gasteiger partial charge on any atom is -0.477 e. The Morgan fingerprint density at radius 3 is 3.08 bits per heavy atom. The molecule has 0 bridgehead atoms. The molecule has 64 valence electrons. The van der Waals surface area contributed by atoms with E-state index in [0.29, 0.717) is 4.88 Å². The van der Waals surface area contributed by atoms with Gasteiger partial charge in [0.15, 0.2) is 0 Å². The first-order valence-electron chi connectivity index (χ1n) is 3.70. The summed E-state index contributed by atoms with van der Waals surface area (Å²) in [6.45, 7) is 0. The number of rotatable bonds is 1. The van der Waals surface area contributed by atoms with E-state index in [1.54, 1.807) is 0 Å². The molecule has 0 spiro atoms. The maximum Gasteiger partial charge on any atom is 0.345 e. The van der Waals surface area contributed by atoms with Gasteiger partial charge in [0, 0.05) is 10.6 Å². The van der Waals surface area contributed by atoms with Gasteiger partial charge in [-0.05, 0) is 23.8 Å². The van der Waals surface area contributed by atoms with Gasteiger partial charge in [0.25, 0.3) is 0 Å². The zero-order chi connectivity index (χ0) is 8.55. The molecule has 0 fully saturated rings. The van der Waals surface area contributed by atoms with Crippen molar-refractivity contribution in [3.8, 4) is 0 Å². The van der Waals surface area contributed by atoms with Crippen LogP contribution < -0.4 is 0 Å². The van der Waals surface area contributed by atoms with Crippen molar-refractivity contribution >= 4 is 29.1 Å². The number of fused-ring (bicyclic) bond motifs is 1. The van der Waals surface area contributed by atoms with Crippen molar-refractivity contribution in [1.29, 1.82) is 0 Å². The molecule has 12 heavy (non-hydrogen) atoms. The van der Waals surface area contributed by atoms with E-state index in [2.05, 4.69) is 0 Å². The normalized spacial score (nSPS) is 15.7. The summed E-state index contributed by atoms with van der Waals surface area (Å²) in [4.78, 5) is 12.4. The lowest BCUT2D eigenvalue weighted by atomic mass is 10.2. The highest BCUT2D eigenvalue weighted by Gasteiger charge is 2.16. The van der Waals surface area contributed by atoms with Gasteiger partial charge in [-0.15, -0.1) is 11.3 Å². The summed E-state index contributed by atoms with van der Waals surface area (Å²) in [5.41, 5.74) is 1.23. The highest BCUT2D eigenvalue weighted by Crippen LogP contribution is 2.31. The number of carboxylic acid groups (broad SMARTS) is 1. The van der Waals surface area contributed by atoms with Gasteiger partial charge in [-0.25, -0.2) is 4.79 Å². The third kappa shape index (κ3) is 1.36. The van der Waals surface area contributed by atoms with Crippen LogP contribution in [0.5, 0.6) is 0 Å². The predicted molar refractivity (Wildman–Crippen MR) is 51.1 cm³/mol. The summed E-state index contributed by atoms with van der Waals surface area (Å²) in [6.07, 6.45) is 1.04. The molecule has 1 aliphatic heterocycles. The second-order valence-electron chi connectivity index (χ2n) is 2.67. The minimum absolute atomic E-state index is 0.488. The summed E-state index contributed by atoms with van der Waals surface area (Å²) in [7, 11) is 0. The third-order valence-corrected chi connectivity index (χ3v) is 4.07. The predicted octanol–water partition coefficient (Wildman–Crippen LogP) is 2.24. The number of aryl methyl sites for hydroxylation is 1. The van der Waals surface area contributed by atoms with E-state index in [-0.39, 0.29) is 0 Å². The molecule has 0 atom stereocenters. The van der Waals surface area contributed by atoms with Crippen molar-refractivity contribution < 1.29 is 9.90 Å². The fraction of sp³-hybridized carbons (Fsp3) is 0.375. The Hall–Kier alpha value is -0.480. The molecule has 4 heteroatoms. The standard InChI is InChI=1S/C8H8O2S2/c9-8(10)7-3-5-4-11-2-1-6(5)12-7/h3H,1-2,4H2,(H,9,10). The van der Waals surface area contributed by atoms with E-state index in [1.807, 2.05) is 17.8 Å². The average molecular weight is 200 g/mol. The van der Waals surface area contributed by atoms with Crippen molar-refractivity contribution in [1.82, 2.24) is 0 Å². The Balaban J connectivity index is 2.38. The van der Waals surface area contributed by atoms with Crippen LogP contribution >= 0.6 is 23.1 Å². The van der Waals surface area contributed by atoms with Crippen LogP contribution in [-0.4, -0.2) is 16.8 Å². The van der Waals surface area contributed by atoms with Crippen LogP contribution in [0.4, 0.5) is 0 Å². The van der Waals surface area contributed by atoms with Gasteiger partial charge >= 0.3 is 5.97 Å².